The van der Waals surface area contributed by atoms with Gasteiger partial charge in [0.05, 0.1) is 6.61 Å². The second-order valence-corrected chi connectivity index (χ2v) is 6.27. The highest BCUT2D eigenvalue weighted by atomic mass is 16.7. The predicted molar refractivity (Wildman–Crippen MR) is 84.4 cm³/mol. The largest absolute Gasteiger partial charge is 0.391 e. The van der Waals surface area contributed by atoms with Gasteiger partial charge in [0.25, 0.3) is 0 Å². The van der Waals surface area contributed by atoms with Gasteiger partial charge in [-0.05, 0) is 13.0 Å². The Labute approximate surface area is 133 Å². The lowest BCUT2D eigenvalue weighted by Crippen LogP contribution is -2.46. The average molecular weight is 319 g/mol. The number of hydrogen-bond donors (Lipinski definition) is 5. The Bertz CT molecular complexity index is 292. The van der Waals surface area contributed by atoms with E-state index in [4.69, 9.17) is 9.84 Å². The molecule has 6 nitrogen and oxygen atoms in total. The van der Waals surface area contributed by atoms with Gasteiger partial charge in [0.2, 0.25) is 5.79 Å². The van der Waals surface area contributed by atoms with Gasteiger partial charge in [0, 0.05) is 6.54 Å². The second kappa shape index (κ2) is 10.5. The molecule has 0 aromatic rings. The highest BCUT2D eigenvalue weighted by molar-refractivity contribution is 4.95. The first-order chi connectivity index (χ1) is 10.5. The lowest BCUT2D eigenvalue weighted by molar-refractivity contribution is -0.245. The van der Waals surface area contributed by atoms with Gasteiger partial charge in [-0.3, -0.25) is 0 Å². The molecular formula is C16H33NO5. The van der Waals surface area contributed by atoms with Crippen LogP contribution in [0.3, 0.4) is 0 Å². The molecule has 0 unspecified atom stereocenters. The summed E-state index contributed by atoms with van der Waals surface area (Å²) in [4.78, 5) is 0. The number of hydrogen-bond acceptors (Lipinski definition) is 6. The third kappa shape index (κ3) is 6.10. The maximum Gasteiger partial charge on any atom is 0.219 e. The van der Waals surface area contributed by atoms with E-state index in [2.05, 4.69) is 12.2 Å². The molecule has 1 fully saturated rings. The molecule has 132 valence electrons. The predicted octanol–water partition coefficient (Wildman–Crippen LogP) is 0.518. The van der Waals surface area contributed by atoms with Crippen molar-refractivity contribution < 1.29 is 25.2 Å². The van der Waals surface area contributed by atoms with Gasteiger partial charge in [-0.2, -0.15) is 0 Å². The minimum Gasteiger partial charge on any atom is -0.391 e. The maximum absolute atomic E-state index is 9.78. The third-order valence-corrected chi connectivity index (χ3v) is 4.30. The van der Waals surface area contributed by atoms with Gasteiger partial charge in [-0.1, -0.05) is 51.9 Å². The summed E-state index contributed by atoms with van der Waals surface area (Å²) in [6, 6.07) is 0. The van der Waals surface area contributed by atoms with Crippen LogP contribution in [0.2, 0.25) is 0 Å². The monoisotopic (exact) mass is 319 g/mol. The topological polar surface area (TPSA) is 102 Å². The van der Waals surface area contributed by atoms with E-state index in [1.54, 1.807) is 0 Å². The van der Waals surface area contributed by atoms with Crippen LogP contribution in [0.4, 0.5) is 0 Å². The third-order valence-electron chi connectivity index (χ3n) is 4.30. The normalized spacial score (nSPS) is 31.8. The molecular weight excluding hydrogens is 286 g/mol. The quantitative estimate of drug-likeness (QED) is 0.336. The van der Waals surface area contributed by atoms with Crippen LogP contribution in [0.1, 0.15) is 58.3 Å². The first kappa shape index (κ1) is 19.8. The Morgan fingerprint density at radius 2 is 1.59 bits per heavy atom. The number of aliphatic hydroxyl groups is 4. The van der Waals surface area contributed by atoms with Gasteiger partial charge in [-0.15, -0.1) is 0 Å². The molecule has 5 N–H and O–H groups in total. The Hall–Kier alpha value is -0.240. The van der Waals surface area contributed by atoms with Crippen LogP contribution in [0.25, 0.3) is 0 Å². The van der Waals surface area contributed by atoms with E-state index in [0.717, 1.165) is 13.0 Å². The molecule has 1 rings (SSSR count). The highest BCUT2D eigenvalue weighted by Gasteiger charge is 2.52. The molecule has 0 aromatic carbocycles. The van der Waals surface area contributed by atoms with E-state index in [9.17, 15) is 15.3 Å². The van der Waals surface area contributed by atoms with Crippen molar-refractivity contribution in [3.05, 3.63) is 0 Å². The summed E-state index contributed by atoms with van der Waals surface area (Å²) in [5.41, 5.74) is 0. The lowest BCUT2D eigenvalue weighted by atomic mass is 10.1. The fourth-order valence-corrected chi connectivity index (χ4v) is 2.79. The maximum atomic E-state index is 9.78. The van der Waals surface area contributed by atoms with Crippen LogP contribution in [0.15, 0.2) is 0 Å². The number of nitrogens with one attached hydrogen (secondary N) is 1. The number of ether oxygens (including phenoxy) is 1. The standard InChI is InChI=1S/C16H33NO5/c1-2-3-4-5-6-7-8-9-10-17-11-13-14(19)15(20)16(21,12-18)22-13/h13-15,17-21H,2-12H2,1H3/t13-,14+,15-,16+/m0/s1. The Morgan fingerprint density at radius 3 is 2.14 bits per heavy atom. The molecule has 4 atom stereocenters. The number of rotatable bonds is 12. The zero-order chi connectivity index (χ0) is 16.4. The summed E-state index contributed by atoms with van der Waals surface area (Å²) in [5.74, 6) is -2.05. The fraction of sp³-hybridized carbons (Fsp3) is 1.00. The average Bonchev–Trinajstić information content (AvgIpc) is 2.74. The van der Waals surface area contributed by atoms with E-state index in [1.807, 2.05) is 0 Å². The van der Waals surface area contributed by atoms with E-state index in [-0.39, 0.29) is 0 Å². The van der Waals surface area contributed by atoms with E-state index >= 15 is 0 Å². The van der Waals surface area contributed by atoms with E-state index in [1.165, 1.54) is 44.9 Å². The van der Waals surface area contributed by atoms with E-state index < -0.39 is 30.7 Å². The Morgan fingerprint density at radius 1 is 1.00 bits per heavy atom. The summed E-state index contributed by atoms with van der Waals surface area (Å²) in [5, 5.41) is 41.4. The molecule has 0 aromatic heterocycles. The highest BCUT2D eigenvalue weighted by Crippen LogP contribution is 2.28. The molecule has 0 saturated carbocycles. The molecule has 6 heteroatoms. The first-order valence-corrected chi connectivity index (χ1v) is 8.63. The minimum absolute atomic E-state index is 0.344. The van der Waals surface area contributed by atoms with Crippen LogP contribution < -0.4 is 5.32 Å². The summed E-state index contributed by atoms with van der Waals surface area (Å²) >= 11 is 0. The number of unbranched alkanes of at least 4 members (excludes halogenated alkanes) is 7. The molecule has 0 radical (unpaired) electrons. The molecule has 0 bridgehead atoms. The van der Waals surface area contributed by atoms with Crippen LogP contribution in [-0.4, -0.2) is 64.2 Å². The molecule has 0 amide bonds. The Balaban J connectivity index is 2.01. The van der Waals surface area contributed by atoms with Gasteiger partial charge >= 0.3 is 0 Å². The van der Waals surface area contributed by atoms with Crippen molar-refractivity contribution >= 4 is 0 Å². The van der Waals surface area contributed by atoms with Crippen molar-refractivity contribution in [1.29, 1.82) is 0 Å². The summed E-state index contributed by atoms with van der Waals surface area (Å²) in [6.07, 6.45) is 6.66. The second-order valence-electron chi connectivity index (χ2n) is 6.27. The molecule has 1 saturated heterocycles. The number of aliphatic hydroxyl groups excluding tert-OH is 3. The SMILES string of the molecule is CCCCCCCCCCNC[C@@H]1O[C@](O)(CO)[C@@H](O)[C@@H]1O. The van der Waals surface area contributed by atoms with Crippen LogP contribution in [0.5, 0.6) is 0 Å². The van der Waals surface area contributed by atoms with E-state index in [0.29, 0.717) is 6.54 Å². The molecule has 1 aliphatic rings. The van der Waals surface area contributed by atoms with Gasteiger partial charge in [-0.25, -0.2) is 0 Å². The smallest absolute Gasteiger partial charge is 0.219 e. The summed E-state index contributed by atoms with van der Waals surface area (Å²) in [6.45, 7) is 2.64. The molecule has 1 aliphatic heterocycles. The fourth-order valence-electron chi connectivity index (χ4n) is 2.79. The van der Waals surface area contributed by atoms with Crippen LogP contribution in [0, 0.1) is 0 Å². The van der Waals surface area contributed by atoms with Crippen molar-refractivity contribution in [2.45, 2.75) is 82.4 Å². The van der Waals surface area contributed by atoms with Gasteiger partial charge in [0.1, 0.15) is 18.3 Å². The van der Waals surface area contributed by atoms with Crippen molar-refractivity contribution in [3.8, 4) is 0 Å². The Kier molecular flexibility index (Phi) is 9.47. The van der Waals surface area contributed by atoms with Crippen molar-refractivity contribution in [1.82, 2.24) is 5.32 Å². The molecule has 1 heterocycles. The molecule has 0 spiro atoms. The van der Waals surface area contributed by atoms with Gasteiger partial charge < -0.3 is 30.5 Å². The molecule has 0 aliphatic carbocycles. The van der Waals surface area contributed by atoms with Crippen LogP contribution >= 0.6 is 0 Å². The van der Waals surface area contributed by atoms with Crippen molar-refractivity contribution in [2.24, 2.45) is 0 Å². The first-order valence-electron chi connectivity index (χ1n) is 8.63. The van der Waals surface area contributed by atoms with Crippen molar-refractivity contribution in [2.75, 3.05) is 19.7 Å². The van der Waals surface area contributed by atoms with Crippen LogP contribution in [-0.2, 0) is 4.74 Å². The minimum atomic E-state index is -2.05. The zero-order valence-corrected chi connectivity index (χ0v) is 13.7. The summed E-state index contributed by atoms with van der Waals surface area (Å²) < 4.78 is 5.15. The van der Waals surface area contributed by atoms with Gasteiger partial charge in [0.15, 0.2) is 0 Å². The zero-order valence-electron chi connectivity index (χ0n) is 13.7. The molecule has 22 heavy (non-hydrogen) atoms. The summed E-state index contributed by atoms with van der Waals surface area (Å²) in [7, 11) is 0. The van der Waals surface area contributed by atoms with Crippen molar-refractivity contribution in [3.63, 3.8) is 0 Å². The lowest BCUT2D eigenvalue weighted by Gasteiger charge is -2.22.